The summed E-state index contributed by atoms with van der Waals surface area (Å²) in [5, 5.41) is 8.94. The van der Waals surface area contributed by atoms with Crippen LogP contribution in [0.3, 0.4) is 0 Å². The highest BCUT2D eigenvalue weighted by Crippen LogP contribution is 2.58. The van der Waals surface area contributed by atoms with Crippen LogP contribution in [-0.2, 0) is 9.53 Å². The largest absolute Gasteiger partial charge is 0.480 e. The van der Waals surface area contributed by atoms with Crippen molar-refractivity contribution in [2.24, 2.45) is 17.1 Å². The lowest BCUT2D eigenvalue weighted by Crippen LogP contribution is -2.45. The Hall–Kier alpha value is -0.610. The molecule has 1 heterocycles. The maximum atomic E-state index is 10.9. The molecule has 3 atom stereocenters. The average Bonchev–Trinajstić information content (AvgIpc) is 2.83. The summed E-state index contributed by atoms with van der Waals surface area (Å²) in [6, 6.07) is -0.711. The van der Waals surface area contributed by atoms with Crippen LogP contribution in [0.5, 0.6) is 0 Å². The topological polar surface area (TPSA) is 72.5 Å². The van der Waals surface area contributed by atoms with Crippen LogP contribution >= 0.6 is 0 Å². The predicted octanol–water partition coefficient (Wildman–Crippen LogP) is 0.603. The number of aliphatic carboxylic acids is 1. The highest BCUT2D eigenvalue weighted by atomic mass is 16.5. The predicted molar refractivity (Wildman–Crippen MR) is 50.8 cm³/mol. The van der Waals surface area contributed by atoms with Crippen LogP contribution in [0.1, 0.15) is 26.2 Å². The number of ether oxygens (including phenoxy) is 1. The second-order valence-electron chi connectivity index (χ2n) is 4.52. The molecule has 1 aliphatic carbocycles. The number of carboxylic acids is 1. The van der Waals surface area contributed by atoms with Crippen LogP contribution in [0.4, 0.5) is 0 Å². The molecule has 0 radical (unpaired) electrons. The molecule has 3 unspecified atom stereocenters. The van der Waals surface area contributed by atoms with Gasteiger partial charge in [-0.05, 0) is 32.1 Å². The van der Waals surface area contributed by atoms with E-state index in [9.17, 15) is 4.79 Å². The van der Waals surface area contributed by atoms with E-state index in [1.807, 2.05) is 6.92 Å². The van der Waals surface area contributed by atoms with E-state index in [-0.39, 0.29) is 11.5 Å². The van der Waals surface area contributed by atoms with Gasteiger partial charge in [-0.3, -0.25) is 4.79 Å². The molecule has 1 saturated carbocycles. The number of carbonyl (C=O) groups is 1. The van der Waals surface area contributed by atoms with Gasteiger partial charge in [-0.15, -0.1) is 0 Å². The van der Waals surface area contributed by atoms with E-state index in [0.29, 0.717) is 5.92 Å². The van der Waals surface area contributed by atoms with Gasteiger partial charge in [-0.1, -0.05) is 0 Å². The molecule has 0 aromatic carbocycles. The molecule has 1 saturated heterocycles. The molecular weight excluding hydrogens is 182 g/mol. The Labute approximate surface area is 83.4 Å². The first-order chi connectivity index (χ1) is 6.58. The van der Waals surface area contributed by atoms with E-state index < -0.39 is 12.0 Å². The zero-order chi connectivity index (χ0) is 10.3. The third kappa shape index (κ3) is 1.33. The van der Waals surface area contributed by atoms with E-state index in [2.05, 4.69) is 0 Å². The van der Waals surface area contributed by atoms with E-state index in [1.165, 1.54) is 0 Å². The molecule has 2 fully saturated rings. The summed E-state index contributed by atoms with van der Waals surface area (Å²) in [4.78, 5) is 10.9. The SMILES string of the molecule is CC1OCCC1C1(C(N)C(=O)O)CC1. The summed E-state index contributed by atoms with van der Waals surface area (Å²) in [6.07, 6.45) is 3.02. The highest BCUT2D eigenvalue weighted by molar-refractivity contribution is 5.75. The van der Waals surface area contributed by atoms with Gasteiger partial charge in [0, 0.05) is 12.0 Å². The Bertz CT molecular complexity index is 250. The van der Waals surface area contributed by atoms with Crippen LogP contribution < -0.4 is 5.73 Å². The van der Waals surface area contributed by atoms with Crippen LogP contribution in [0.2, 0.25) is 0 Å². The fraction of sp³-hybridized carbons (Fsp3) is 0.900. The molecule has 0 amide bonds. The summed E-state index contributed by atoms with van der Waals surface area (Å²) in [5.41, 5.74) is 5.58. The zero-order valence-electron chi connectivity index (χ0n) is 8.40. The van der Waals surface area contributed by atoms with Gasteiger partial charge in [0.15, 0.2) is 0 Å². The van der Waals surface area contributed by atoms with Crippen molar-refractivity contribution in [2.75, 3.05) is 6.61 Å². The second kappa shape index (κ2) is 3.21. The fourth-order valence-electron chi connectivity index (χ4n) is 2.79. The van der Waals surface area contributed by atoms with Crippen molar-refractivity contribution in [3.05, 3.63) is 0 Å². The van der Waals surface area contributed by atoms with Crippen molar-refractivity contribution >= 4 is 5.97 Å². The van der Waals surface area contributed by atoms with Gasteiger partial charge in [-0.25, -0.2) is 0 Å². The number of nitrogens with two attached hydrogens (primary N) is 1. The van der Waals surface area contributed by atoms with Crippen molar-refractivity contribution in [3.63, 3.8) is 0 Å². The molecule has 80 valence electrons. The minimum absolute atomic E-state index is 0.165. The molecule has 3 N–H and O–H groups in total. The Kier molecular flexibility index (Phi) is 2.27. The van der Waals surface area contributed by atoms with Gasteiger partial charge in [-0.2, -0.15) is 0 Å². The van der Waals surface area contributed by atoms with Crippen LogP contribution in [0.25, 0.3) is 0 Å². The van der Waals surface area contributed by atoms with E-state index in [0.717, 1.165) is 25.9 Å². The van der Waals surface area contributed by atoms with Gasteiger partial charge in [0.2, 0.25) is 0 Å². The van der Waals surface area contributed by atoms with E-state index in [1.54, 1.807) is 0 Å². The Morgan fingerprint density at radius 3 is 2.64 bits per heavy atom. The molecule has 0 bridgehead atoms. The molecule has 4 heteroatoms. The van der Waals surface area contributed by atoms with Gasteiger partial charge >= 0.3 is 5.97 Å². The quantitative estimate of drug-likeness (QED) is 0.698. The summed E-state index contributed by atoms with van der Waals surface area (Å²) in [6.45, 7) is 2.77. The molecule has 0 spiro atoms. The van der Waals surface area contributed by atoms with Crippen molar-refractivity contribution in [1.29, 1.82) is 0 Å². The van der Waals surface area contributed by atoms with Crippen LogP contribution in [0.15, 0.2) is 0 Å². The van der Waals surface area contributed by atoms with Crippen molar-refractivity contribution in [3.8, 4) is 0 Å². The standard InChI is InChI=1S/C10H17NO3/c1-6-7(2-5-14-6)10(3-4-10)8(11)9(12)13/h6-8H,2-5,11H2,1H3,(H,12,13). The lowest BCUT2D eigenvalue weighted by Gasteiger charge is -2.28. The lowest BCUT2D eigenvalue weighted by molar-refractivity contribution is -0.141. The molecular formula is C10H17NO3. The first-order valence-corrected chi connectivity index (χ1v) is 5.18. The van der Waals surface area contributed by atoms with Gasteiger partial charge in [0.1, 0.15) is 6.04 Å². The fourth-order valence-corrected chi connectivity index (χ4v) is 2.79. The third-order valence-corrected chi connectivity index (χ3v) is 3.83. The molecule has 0 aromatic rings. The first-order valence-electron chi connectivity index (χ1n) is 5.18. The summed E-state index contributed by atoms with van der Waals surface area (Å²) < 4.78 is 5.47. The van der Waals surface area contributed by atoms with Gasteiger partial charge < -0.3 is 15.6 Å². The number of carboxylic acid groups (broad SMARTS) is 1. The van der Waals surface area contributed by atoms with Gasteiger partial charge in [0.25, 0.3) is 0 Å². The Balaban J connectivity index is 2.12. The van der Waals surface area contributed by atoms with E-state index in [4.69, 9.17) is 15.6 Å². The minimum atomic E-state index is -0.874. The minimum Gasteiger partial charge on any atom is -0.480 e. The molecule has 2 aliphatic rings. The molecule has 4 nitrogen and oxygen atoms in total. The average molecular weight is 199 g/mol. The molecule has 2 rings (SSSR count). The zero-order valence-corrected chi connectivity index (χ0v) is 8.40. The van der Waals surface area contributed by atoms with E-state index >= 15 is 0 Å². The number of hydrogen-bond donors (Lipinski definition) is 2. The van der Waals surface area contributed by atoms with Crippen molar-refractivity contribution in [2.45, 2.75) is 38.3 Å². The normalized spacial score (nSPS) is 36.7. The molecule has 0 aromatic heterocycles. The molecule has 14 heavy (non-hydrogen) atoms. The number of rotatable bonds is 3. The Morgan fingerprint density at radius 1 is 1.64 bits per heavy atom. The monoisotopic (exact) mass is 199 g/mol. The lowest BCUT2D eigenvalue weighted by atomic mass is 9.79. The summed E-state index contributed by atoms with van der Waals surface area (Å²) in [5.74, 6) is -0.532. The summed E-state index contributed by atoms with van der Waals surface area (Å²) in [7, 11) is 0. The van der Waals surface area contributed by atoms with Crippen LogP contribution in [0, 0.1) is 11.3 Å². The van der Waals surface area contributed by atoms with Crippen LogP contribution in [-0.4, -0.2) is 29.8 Å². The first kappa shape index (κ1) is 9.93. The summed E-state index contributed by atoms with van der Waals surface area (Å²) >= 11 is 0. The third-order valence-electron chi connectivity index (χ3n) is 3.83. The maximum Gasteiger partial charge on any atom is 0.321 e. The molecule has 1 aliphatic heterocycles. The smallest absolute Gasteiger partial charge is 0.321 e. The van der Waals surface area contributed by atoms with Gasteiger partial charge in [0.05, 0.1) is 6.10 Å². The highest BCUT2D eigenvalue weighted by Gasteiger charge is 2.58. The van der Waals surface area contributed by atoms with Crippen molar-refractivity contribution < 1.29 is 14.6 Å². The second-order valence-corrected chi connectivity index (χ2v) is 4.52. The Morgan fingerprint density at radius 2 is 2.29 bits per heavy atom. The maximum absolute atomic E-state index is 10.9. The number of hydrogen-bond acceptors (Lipinski definition) is 3. The van der Waals surface area contributed by atoms with Crippen molar-refractivity contribution in [1.82, 2.24) is 0 Å².